The van der Waals surface area contributed by atoms with Crippen molar-refractivity contribution in [1.82, 2.24) is 14.8 Å². The minimum Gasteiger partial charge on any atom is -0.320 e. The first kappa shape index (κ1) is 13.9. The molecule has 0 spiro atoms. The van der Waals surface area contributed by atoms with Gasteiger partial charge in [-0.3, -0.25) is 14.6 Å². The summed E-state index contributed by atoms with van der Waals surface area (Å²) in [5.41, 5.74) is 0.634. The Balaban J connectivity index is 2.20. The third-order valence-electron chi connectivity index (χ3n) is 2.58. The molecule has 0 aliphatic rings. The van der Waals surface area contributed by atoms with Gasteiger partial charge in [-0.25, -0.2) is 4.68 Å². The predicted molar refractivity (Wildman–Crippen MR) is 75.5 cm³/mol. The van der Waals surface area contributed by atoms with Crippen molar-refractivity contribution in [2.75, 3.05) is 5.32 Å². The second-order valence-electron chi connectivity index (χ2n) is 4.82. The molecule has 0 fully saturated rings. The maximum absolute atomic E-state index is 12.1. The minimum atomic E-state index is -0.353. The van der Waals surface area contributed by atoms with Crippen LogP contribution in [0.5, 0.6) is 0 Å². The van der Waals surface area contributed by atoms with Crippen LogP contribution in [0.4, 0.5) is 5.69 Å². The number of anilines is 1. The molecule has 2 aromatic rings. The summed E-state index contributed by atoms with van der Waals surface area (Å²) in [4.78, 5) is 27.6. The number of amides is 1. The molecule has 0 bridgehead atoms. The molecule has 0 aromatic carbocycles. The summed E-state index contributed by atoms with van der Waals surface area (Å²) in [5, 5.41) is 6.79. The number of hydrogen-bond acceptors (Lipinski definition) is 4. The number of nitrogens with one attached hydrogen (secondary N) is 1. The van der Waals surface area contributed by atoms with Crippen molar-refractivity contribution in [2.24, 2.45) is 5.92 Å². The molecular weight excluding hydrogens is 256 g/mol. The molecule has 6 nitrogen and oxygen atoms in total. The maximum atomic E-state index is 12.1. The summed E-state index contributed by atoms with van der Waals surface area (Å²) in [7, 11) is 0. The van der Waals surface area contributed by atoms with E-state index < -0.39 is 0 Å². The van der Waals surface area contributed by atoms with Crippen LogP contribution >= 0.6 is 0 Å². The van der Waals surface area contributed by atoms with E-state index in [4.69, 9.17) is 0 Å². The number of pyridine rings is 1. The maximum Gasteiger partial charge on any atom is 0.276 e. The van der Waals surface area contributed by atoms with E-state index in [9.17, 15) is 9.59 Å². The van der Waals surface area contributed by atoms with Gasteiger partial charge in [0, 0.05) is 30.7 Å². The summed E-state index contributed by atoms with van der Waals surface area (Å²) >= 11 is 0. The van der Waals surface area contributed by atoms with Crippen molar-refractivity contribution in [2.45, 2.75) is 20.4 Å². The Labute approximate surface area is 116 Å². The smallest absolute Gasteiger partial charge is 0.276 e. The zero-order valence-corrected chi connectivity index (χ0v) is 11.4. The van der Waals surface area contributed by atoms with Gasteiger partial charge in [0.05, 0.1) is 0 Å². The van der Waals surface area contributed by atoms with E-state index >= 15 is 0 Å². The van der Waals surface area contributed by atoms with Gasteiger partial charge in [-0.2, -0.15) is 5.10 Å². The van der Waals surface area contributed by atoms with Gasteiger partial charge in [0.1, 0.15) is 5.69 Å². The van der Waals surface area contributed by atoms with Crippen molar-refractivity contribution in [3.63, 3.8) is 0 Å². The molecule has 1 N–H and O–H groups in total. The third kappa shape index (κ3) is 3.50. The number of aromatic nitrogens is 3. The van der Waals surface area contributed by atoms with Gasteiger partial charge >= 0.3 is 0 Å². The number of carbonyl (C=O) groups is 1. The van der Waals surface area contributed by atoms with E-state index in [0.29, 0.717) is 12.2 Å². The van der Waals surface area contributed by atoms with E-state index in [0.717, 1.165) is 0 Å². The highest BCUT2D eigenvalue weighted by atomic mass is 16.2. The lowest BCUT2D eigenvalue weighted by Gasteiger charge is -2.09. The predicted octanol–water partition coefficient (Wildman–Crippen LogP) is 1.55. The van der Waals surface area contributed by atoms with Crippen LogP contribution in [0.15, 0.2) is 41.5 Å². The molecule has 0 unspecified atom stereocenters. The minimum absolute atomic E-state index is 0.209. The van der Waals surface area contributed by atoms with E-state index in [-0.39, 0.29) is 23.1 Å². The second-order valence-corrected chi connectivity index (χ2v) is 4.82. The number of carbonyl (C=O) groups excluding carboxylic acids is 1. The van der Waals surface area contributed by atoms with Crippen LogP contribution < -0.4 is 10.9 Å². The molecule has 0 atom stereocenters. The van der Waals surface area contributed by atoms with Crippen molar-refractivity contribution in [3.05, 3.63) is 52.7 Å². The zero-order valence-electron chi connectivity index (χ0n) is 11.4. The van der Waals surface area contributed by atoms with Gasteiger partial charge in [0.2, 0.25) is 0 Å². The van der Waals surface area contributed by atoms with Crippen LogP contribution in [0.1, 0.15) is 24.3 Å². The molecular formula is C14H16N4O2. The molecule has 0 saturated carbocycles. The normalized spacial score (nSPS) is 10.6. The first-order valence-electron chi connectivity index (χ1n) is 6.36. The highest BCUT2D eigenvalue weighted by Crippen LogP contribution is 2.05. The van der Waals surface area contributed by atoms with Crippen LogP contribution in [0.25, 0.3) is 0 Å². The molecule has 2 aromatic heterocycles. The van der Waals surface area contributed by atoms with Crippen LogP contribution in [0, 0.1) is 5.92 Å². The SMILES string of the molecule is CC(C)Cn1nc(C(=O)Nc2ccncc2)ccc1=O. The Bertz CT molecular complexity index is 650. The highest BCUT2D eigenvalue weighted by Gasteiger charge is 2.10. The Morgan fingerprint density at radius 2 is 1.95 bits per heavy atom. The summed E-state index contributed by atoms with van der Waals surface area (Å²) in [5.74, 6) is -0.0765. The van der Waals surface area contributed by atoms with Gasteiger partial charge in [-0.05, 0) is 24.1 Å². The molecule has 1 amide bonds. The van der Waals surface area contributed by atoms with Crippen LogP contribution in [0.3, 0.4) is 0 Å². The topological polar surface area (TPSA) is 76.9 Å². The molecule has 104 valence electrons. The fourth-order valence-electron chi connectivity index (χ4n) is 1.68. The summed E-state index contributed by atoms with van der Waals surface area (Å²) < 4.78 is 1.31. The van der Waals surface area contributed by atoms with Crippen LogP contribution in [-0.2, 0) is 6.54 Å². The second kappa shape index (κ2) is 6.10. The van der Waals surface area contributed by atoms with Gasteiger partial charge in [-0.1, -0.05) is 13.8 Å². The van der Waals surface area contributed by atoms with Crippen molar-refractivity contribution >= 4 is 11.6 Å². The summed E-state index contributed by atoms with van der Waals surface area (Å²) in [6.07, 6.45) is 3.17. The van der Waals surface area contributed by atoms with Crippen molar-refractivity contribution < 1.29 is 4.79 Å². The van der Waals surface area contributed by atoms with Gasteiger partial charge in [0.15, 0.2) is 0 Å². The third-order valence-corrected chi connectivity index (χ3v) is 2.58. The fraction of sp³-hybridized carbons (Fsp3) is 0.286. The monoisotopic (exact) mass is 272 g/mol. The first-order valence-corrected chi connectivity index (χ1v) is 6.36. The Morgan fingerprint density at radius 1 is 1.25 bits per heavy atom. The summed E-state index contributed by atoms with van der Waals surface area (Å²) in [6.45, 7) is 4.45. The van der Waals surface area contributed by atoms with E-state index in [1.807, 2.05) is 13.8 Å². The van der Waals surface area contributed by atoms with E-state index in [1.54, 1.807) is 24.5 Å². The number of rotatable bonds is 4. The fourth-order valence-corrected chi connectivity index (χ4v) is 1.68. The van der Waals surface area contributed by atoms with Crippen molar-refractivity contribution in [1.29, 1.82) is 0 Å². The van der Waals surface area contributed by atoms with E-state index in [2.05, 4.69) is 15.4 Å². The number of hydrogen-bond donors (Lipinski definition) is 1. The lowest BCUT2D eigenvalue weighted by atomic mass is 10.2. The average Bonchev–Trinajstić information content (AvgIpc) is 2.42. The standard InChI is InChI=1S/C14H16N4O2/c1-10(2)9-18-13(19)4-3-12(17-18)14(20)16-11-5-7-15-8-6-11/h3-8,10H,9H2,1-2H3,(H,15,16,20). The highest BCUT2D eigenvalue weighted by molar-refractivity contribution is 6.02. The van der Waals surface area contributed by atoms with Crippen LogP contribution in [0.2, 0.25) is 0 Å². The lowest BCUT2D eigenvalue weighted by molar-refractivity contribution is 0.101. The molecule has 0 radical (unpaired) electrons. The van der Waals surface area contributed by atoms with Crippen LogP contribution in [-0.4, -0.2) is 20.7 Å². The molecule has 6 heteroatoms. The average molecular weight is 272 g/mol. The van der Waals surface area contributed by atoms with Gasteiger partial charge in [-0.15, -0.1) is 0 Å². The first-order chi connectivity index (χ1) is 9.56. The van der Waals surface area contributed by atoms with E-state index in [1.165, 1.54) is 16.8 Å². The summed E-state index contributed by atoms with van der Waals surface area (Å²) in [6, 6.07) is 6.15. The largest absolute Gasteiger partial charge is 0.320 e. The molecule has 0 aliphatic heterocycles. The Kier molecular flexibility index (Phi) is 4.24. The number of nitrogens with zero attached hydrogens (tertiary/aromatic N) is 3. The molecule has 0 aliphatic carbocycles. The molecule has 2 heterocycles. The molecule has 2 rings (SSSR count). The molecule has 20 heavy (non-hydrogen) atoms. The quantitative estimate of drug-likeness (QED) is 0.916. The Morgan fingerprint density at radius 3 is 2.60 bits per heavy atom. The zero-order chi connectivity index (χ0) is 14.5. The van der Waals surface area contributed by atoms with Crippen molar-refractivity contribution in [3.8, 4) is 0 Å². The Hall–Kier alpha value is -2.50. The lowest BCUT2D eigenvalue weighted by Crippen LogP contribution is -2.27. The van der Waals surface area contributed by atoms with Gasteiger partial charge in [0.25, 0.3) is 11.5 Å². The van der Waals surface area contributed by atoms with Gasteiger partial charge < -0.3 is 5.32 Å². The molecule has 0 saturated heterocycles.